The first-order valence-corrected chi connectivity index (χ1v) is 6.35. The Balaban J connectivity index is 2.50. The van der Waals surface area contributed by atoms with E-state index in [4.69, 9.17) is 14.6 Å². The van der Waals surface area contributed by atoms with Crippen LogP contribution in [0.4, 0.5) is 0 Å². The van der Waals surface area contributed by atoms with Crippen molar-refractivity contribution in [1.29, 1.82) is 0 Å². The van der Waals surface area contributed by atoms with Gasteiger partial charge in [0.25, 0.3) is 5.56 Å². The van der Waals surface area contributed by atoms with Gasteiger partial charge in [0.1, 0.15) is 5.65 Å². The van der Waals surface area contributed by atoms with Crippen LogP contribution in [-0.2, 0) is 7.05 Å². The zero-order chi connectivity index (χ0) is 16.0. The van der Waals surface area contributed by atoms with E-state index in [1.807, 2.05) is 0 Å². The van der Waals surface area contributed by atoms with E-state index in [1.54, 1.807) is 23.7 Å². The van der Waals surface area contributed by atoms with Gasteiger partial charge in [-0.2, -0.15) is 9.61 Å². The summed E-state index contributed by atoms with van der Waals surface area (Å²) >= 11 is 0. The molecular formula is C14H13N3O5. The molecule has 1 N–H and O–H groups in total. The molecule has 2 aromatic heterocycles. The summed E-state index contributed by atoms with van der Waals surface area (Å²) in [6.07, 6.45) is 0. The fourth-order valence-corrected chi connectivity index (χ4v) is 2.42. The van der Waals surface area contributed by atoms with Gasteiger partial charge in [-0.1, -0.05) is 0 Å². The van der Waals surface area contributed by atoms with E-state index in [1.165, 1.54) is 20.3 Å². The van der Waals surface area contributed by atoms with Gasteiger partial charge in [-0.3, -0.25) is 4.79 Å². The SMILES string of the molecule is COc1cc2c(=O)n3nc(C(=O)O)cc3n(C)c2cc1OC. The number of rotatable bonds is 3. The Morgan fingerprint density at radius 1 is 1.18 bits per heavy atom. The third kappa shape index (κ3) is 1.80. The van der Waals surface area contributed by atoms with Crippen molar-refractivity contribution >= 4 is 22.5 Å². The second kappa shape index (κ2) is 4.76. The summed E-state index contributed by atoms with van der Waals surface area (Å²) in [5, 5.41) is 13.2. The Kier molecular flexibility index (Phi) is 3.01. The maximum absolute atomic E-state index is 12.5. The smallest absolute Gasteiger partial charge is 0.356 e. The van der Waals surface area contributed by atoms with E-state index >= 15 is 0 Å². The second-order valence-electron chi connectivity index (χ2n) is 4.69. The summed E-state index contributed by atoms with van der Waals surface area (Å²) in [5.74, 6) is -0.299. The minimum absolute atomic E-state index is 0.193. The largest absolute Gasteiger partial charge is 0.493 e. The standard InChI is InChI=1S/C14H13N3O5/c1-16-9-6-11(22-3)10(21-2)4-7(9)13(18)17-12(16)5-8(15-17)14(19)20/h4-6H,1-3H3,(H,19,20). The van der Waals surface area contributed by atoms with Gasteiger partial charge in [0, 0.05) is 19.2 Å². The topological polar surface area (TPSA) is 95.1 Å². The highest BCUT2D eigenvalue weighted by atomic mass is 16.5. The number of fused-ring (bicyclic) bond motifs is 2. The predicted molar refractivity (Wildman–Crippen MR) is 78.0 cm³/mol. The van der Waals surface area contributed by atoms with Gasteiger partial charge in [0.05, 0.1) is 25.1 Å². The lowest BCUT2D eigenvalue weighted by Gasteiger charge is -2.12. The fraction of sp³-hybridized carbons (Fsp3) is 0.214. The Labute approximate surface area is 124 Å². The molecule has 0 aliphatic carbocycles. The van der Waals surface area contributed by atoms with Crippen LogP contribution in [0.1, 0.15) is 10.5 Å². The van der Waals surface area contributed by atoms with Crippen LogP contribution in [0.25, 0.3) is 16.6 Å². The van der Waals surface area contributed by atoms with Gasteiger partial charge in [0.15, 0.2) is 17.2 Å². The summed E-state index contributed by atoms with van der Waals surface area (Å²) in [6.45, 7) is 0. The van der Waals surface area contributed by atoms with Gasteiger partial charge in [0.2, 0.25) is 0 Å². The number of aryl methyl sites for hydroxylation is 1. The number of nitrogens with zero attached hydrogens (tertiary/aromatic N) is 3. The highest BCUT2D eigenvalue weighted by molar-refractivity contribution is 5.88. The number of methoxy groups -OCH3 is 2. The van der Waals surface area contributed by atoms with Gasteiger partial charge < -0.3 is 19.1 Å². The molecule has 2 heterocycles. The molecule has 0 saturated carbocycles. The number of hydrogen-bond acceptors (Lipinski definition) is 5. The van der Waals surface area contributed by atoms with Crippen LogP contribution in [-0.4, -0.2) is 39.5 Å². The maximum atomic E-state index is 12.5. The number of aromatic nitrogens is 3. The van der Waals surface area contributed by atoms with E-state index in [0.717, 1.165) is 4.52 Å². The molecule has 3 rings (SSSR count). The van der Waals surface area contributed by atoms with E-state index in [-0.39, 0.29) is 5.69 Å². The van der Waals surface area contributed by atoms with Crippen molar-refractivity contribution in [2.24, 2.45) is 7.05 Å². The summed E-state index contributed by atoms with van der Waals surface area (Å²) in [6, 6.07) is 4.57. The molecule has 0 amide bonds. The van der Waals surface area contributed by atoms with Crippen molar-refractivity contribution in [3.05, 3.63) is 34.2 Å². The number of carbonyl (C=O) groups is 1. The van der Waals surface area contributed by atoms with Crippen LogP contribution < -0.4 is 15.0 Å². The molecule has 8 heteroatoms. The third-order valence-corrected chi connectivity index (χ3v) is 3.54. The molecule has 0 aliphatic heterocycles. The molecular weight excluding hydrogens is 290 g/mol. The number of hydrogen-bond donors (Lipinski definition) is 1. The number of ether oxygens (including phenoxy) is 2. The average molecular weight is 303 g/mol. The second-order valence-corrected chi connectivity index (χ2v) is 4.69. The van der Waals surface area contributed by atoms with Gasteiger partial charge in [-0.05, 0) is 6.07 Å². The average Bonchev–Trinajstić information content (AvgIpc) is 2.97. The van der Waals surface area contributed by atoms with E-state index in [2.05, 4.69) is 5.10 Å². The van der Waals surface area contributed by atoms with Crippen molar-refractivity contribution in [2.75, 3.05) is 14.2 Å². The van der Waals surface area contributed by atoms with Crippen molar-refractivity contribution in [3.63, 3.8) is 0 Å². The quantitative estimate of drug-likeness (QED) is 0.772. The Bertz CT molecular complexity index is 970. The molecule has 22 heavy (non-hydrogen) atoms. The summed E-state index contributed by atoms with van der Waals surface area (Å²) in [7, 11) is 4.70. The molecule has 0 fully saturated rings. The minimum atomic E-state index is -1.19. The third-order valence-electron chi connectivity index (χ3n) is 3.54. The molecule has 0 bridgehead atoms. The first-order valence-electron chi connectivity index (χ1n) is 6.35. The Morgan fingerprint density at radius 2 is 1.82 bits per heavy atom. The molecule has 0 aliphatic rings. The van der Waals surface area contributed by atoms with Crippen LogP contribution in [0.2, 0.25) is 0 Å². The molecule has 114 valence electrons. The lowest BCUT2D eigenvalue weighted by Crippen LogP contribution is -2.19. The van der Waals surface area contributed by atoms with Crippen molar-refractivity contribution in [1.82, 2.24) is 14.2 Å². The number of aromatic carboxylic acids is 1. The summed E-state index contributed by atoms with van der Waals surface area (Å²) in [4.78, 5) is 23.6. The first-order chi connectivity index (χ1) is 10.5. The normalized spacial score (nSPS) is 11.0. The summed E-state index contributed by atoms with van der Waals surface area (Å²) < 4.78 is 13.2. The lowest BCUT2D eigenvalue weighted by molar-refractivity contribution is 0.0690. The molecule has 0 saturated heterocycles. The molecule has 0 spiro atoms. The minimum Gasteiger partial charge on any atom is -0.493 e. The molecule has 0 unspecified atom stereocenters. The Hall–Kier alpha value is -3.03. The van der Waals surface area contributed by atoms with Crippen LogP contribution >= 0.6 is 0 Å². The first kappa shape index (κ1) is 13.9. The number of carboxylic acid groups (broad SMARTS) is 1. The number of benzene rings is 1. The van der Waals surface area contributed by atoms with E-state index in [0.29, 0.717) is 28.0 Å². The zero-order valence-corrected chi connectivity index (χ0v) is 12.2. The van der Waals surface area contributed by atoms with Crippen LogP contribution in [0.3, 0.4) is 0 Å². The maximum Gasteiger partial charge on any atom is 0.356 e. The molecule has 0 radical (unpaired) electrons. The van der Waals surface area contributed by atoms with Gasteiger partial charge in [-0.25, -0.2) is 4.79 Å². The van der Waals surface area contributed by atoms with Crippen molar-refractivity contribution in [3.8, 4) is 11.5 Å². The van der Waals surface area contributed by atoms with Crippen LogP contribution in [0.5, 0.6) is 11.5 Å². The van der Waals surface area contributed by atoms with Gasteiger partial charge >= 0.3 is 5.97 Å². The number of carboxylic acids is 1. The molecule has 8 nitrogen and oxygen atoms in total. The highest BCUT2D eigenvalue weighted by Crippen LogP contribution is 2.31. The van der Waals surface area contributed by atoms with Gasteiger partial charge in [-0.15, -0.1) is 0 Å². The molecule has 1 aromatic carbocycles. The predicted octanol–water partition coefficient (Wildman–Crippen LogP) is 0.902. The molecule has 0 atom stereocenters. The monoisotopic (exact) mass is 303 g/mol. The van der Waals surface area contributed by atoms with E-state index in [9.17, 15) is 9.59 Å². The molecule has 3 aromatic rings. The lowest BCUT2D eigenvalue weighted by atomic mass is 10.2. The zero-order valence-electron chi connectivity index (χ0n) is 12.2. The summed E-state index contributed by atoms with van der Waals surface area (Å²) in [5.41, 5.74) is 0.354. The van der Waals surface area contributed by atoms with Crippen molar-refractivity contribution in [2.45, 2.75) is 0 Å². The highest BCUT2D eigenvalue weighted by Gasteiger charge is 2.17. The fourth-order valence-electron chi connectivity index (χ4n) is 2.42. The van der Waals surface area contributed by atoms with E-state index < -0.39 is 11.5 Å². The Morgan fingerprint density at radius 3 is 2.41 bits per heavy atom. The van der Waals surface area contributed by atoms with Crippen molar-refractivity contribution < 1.29 is 19.4 Å². The van der Waals surface area contributed by atoms with Crippen LogP contribution in [0.15, 0.2) is 23.0 Å². The van der Waals surface area contributed by atoms with Crippen LogP contribution in [0, 0.1) is 0 Å².